The Bertz CT molecular complexity index is 243. The number of likely N-dealkylation sites (tertiary alicyclic amines) is 1. The topological polar surface area (TPSA) is 37.4 Å². The van der Waals surface area contributed by atoms with Crippen molar-refractivity contribution in [2.24, 2.45) is 0 Å². The molecule has 0 aromatic rings. The zero-order chi connectivity index (χ0) is 10.8. The van der Waals surface area contributed by atoms with E-state index < -0.39 is 15.5 Å². The lowest BCUT2D eigenvalue weighted by Crippen LogP contribution is -2.44. The Balaban J connectivity index is 2.60. The van der Waals surface area contributed by atoms with Crippen LogP contribution in [0.25, 0.3) is 0 Å². The number of hydrogen-bond donors (Lipinski definition) is 0. The number of Topliss-reactive ketones (excluding diaryl/α,β-unsaturated/α-hetero) is 1. The maximum absolute atomic E-state index is 11.5. The van der Waals surface area contributed by atoms with Gasteiger partial charge in [0.2, 0.25) is 0 Å². The number of ketones is 1. The third-order valence-electron chi connectivity index (χ3n) is 2.09. The summed E-state index contributed by atoms with van der Waals surface area (Å²) in [4.78, 5) is 24.2. The molecule has 0 atom stereocenters. The van der Waals surface area contributed by atoms with E-state index in [0.717, 1.165) is 19.3 Å². The van der Waals surface area contributed by atoms with Gasteiger partial charge in [-0.15, -0.1) is 0 Å². The third-order valence-corrected chi connectivity index (χ3v) is 2.61. The molecule has 0 spiro atoms. The molecule has 1 saturated heterocycles. The molecule has 0 aromatic carbocycles. The summed E-state index contributed by atoms with van der Waals surface area (Å²) in [6.45, 7) is 1.15. The molecule has 14 heavy (non-hydrogen) atoms. The molecule has 0 aromatic heterocycles. The van der Waals surface area contributed by atoms with E-state index in [4.69, 9.17) is 34.8 Å². The van der Waals surface area contributed by atoms with E-state index in [0.29, 0.717) is 13.1 Å². The first kappa shape index (κ1) is 12.1. The second kappa shape index (κ2) is 4.69. The quantitative estimate of drug-likeness (QED) is 0.532. The molecule has 0 unspecified atom stereocenters. The number of hydrogen-bond acceptors (Lipinski definition) is 2. The molecule has 1 aliphatic rings. The molecule has 1 rings (SSSR count). The lowest BCUT2D eigenvalue weighted by atomic mass is 10.1. The first-order valence-electron chi connectivity index (χ1n) is 4.33. The number of carbonyl (C=O) groups is 2. The van der Waals surface area contributed by atoms with Crippen molar-refractivity contribution in [3.8, 4) is 0 Å². The Hall–Kier alpha value is 0.01000. The number of piperidine rings is 1. The van der Waals surface area contributed by atoms with Gasteiger partial charge in [-0.25, -0.2) is 0 Å². The standard InChI is InChI=1S/C8H10Cl3NO2/c9-8(10,11)6(13)7(14)12-4-2-1-3-5-12/h1-5H2. The van der Waals surface area contributed by atoms with E-state index in [1.54, 1.807) is 0 Å². The summed E-state index contributed by atoms with van der Waals surface area (Å²) >= 11 is 16.0. The normalized spacial score (nSPS) is 18.1. The van der Waals surface area contributed by atoms with Crippen LogP contribution < -0.4 is 0 Å². The van der Waals surface area contributed by atoms with Crippen LogP contribution in [0.5, 0.6) is 0 Å². The maximum atomic E-state index is 11.5. The minimum absolute atomic E-state index is 0.575. The van der Waals surface area contributed by atoms with E-state index in [1.165, 1.54) is 4.90 Å². The highest BCUT2D eigenvalue weighted by Crippen LogP contribution is 2.28. The highest BCUT2D eigenvalue weighted by Gasteiger charge is 2.38. The highest BCUT2D eigenvalue weighted by atomic mass is 35.6. The molecule has 0 aliphatic carbocycles. The predicted octanol–water partition coefficient (Wildman–Crippen LogP) is 1.94. The molecule has 80 valence electrons. The van der Waals surface area contributed by atoms with Crippen LogP contribution in [-0.4, -0.2) is 33.5 Å². The summed E-state index contributed by atoms with van der Waals surface area (Å²) in [5, 5.41) is 0. The van der Waals surface area contributed by atoms with Crippen LogP contribution in [0.3, 0.4) is 0 Å². The Morgan fingerprint density at radius 2 is 1.50 bits per heavy atom. The van der Waals surface area contributed by atoms with Gasteiger partial charge < -0.3 is 4.90 Å². The van der Waals surface area contributed by atoms with Crippen molar-refractivity contribution in [2.75, 3.05) is 13.1 Å². The Labute approximate surface area is 97.3 Å². The van der Waals surface area contributed by atoms with Gasteiger partial charge in [0.05, 0.1) is 0 Å². The molecule has 0 bridgehead atoms. The summed E-state index contributed by atoms with van der Waals surface area (Å²) in [6, 6.07) is 0. The Kier molecular flexibility index (Phi) is 4.04. The molecule has 1 aliphatic heterocycles. The van der Waals surface area contributed by atoms with E-state index in [-0.39, 0.29) is 0 Å². The van der Waals surface area contributed by atoms with Gasteiger partial charge >= 0.3 is 0 Å². The molecule has 1 amide bonds. The molecule has 0 saturated carbocycles. The van der Waals surface area contributed by atoms with Crippen LogP contribution in [-0.2, 0) is 9.59 Å². The minimum atomic E-state index is -2.13. The summed E-state index contributed by atoms with van der Waals surface area (Å²) < 4.78 is -2.13. The van der Waals surface area contributed by atoms with Crippen LogP contribution in [0.15, 0.2) is 0 Å². The van der Waals surface area contributed by atoms with E-state index in [1.807, 2.05) is 0 Å². The minimum Gasteiger partial charge on any atom is -0.336 e. The third kappa shape index (κ3) is 3.01. The summed E-state index contributed by atoms with van der Waals surface area (Å²) in [5.74, 6) is -1.66. The maximum Gasteiger partial charge on any atom is 0.294 e. The van der Waals surface area contributed by atoms with Gasteiger partial charge in [-0.3, -0.25) is 9.59 Å². The summed E-state index contributed by atoms with van der Waals surface area (Å²) in [7, 11) is 0. The van der Waals surface area contributed by atoms with Crippen molar-refractivity contribution in [1.82, 2.24) is 4.90 Å². The largest absolute Gasteiger partial charge is 0.336 e. The molecule has 0 N–H and O–H groups in total. The number of alkyl halides is 3. The average molecular weight is 259 g/mol. The lowest BCUT2D eigenvalue weighted by Gasteiger charge is -2.26. The lowest BCUT2D eigenvalue weighted by molar-refractivity contribution is -0.144. The average Bonchev–Trinajstić information content (AvgIpc) is 2.15. The Morgan fingerprint density at radius 3 is 1.93 bits per heavy atom. The number of nitrogens with zero attached hydrogens (tertiary/aromatic N) is 1. The molecular formula is C8H10Cl3NO2. The van der Waals surface area contributed by atoms with Crippen LogP contribution in [0.1, 0.15) is 19.3 Å². The second-order valence-electron chi connectivity index (χ2n) is 3.18. The molecule has 1 heterocycles. The van der Waals surface area contributed by atoms with Gasteiger partial charge in [0, 0.05) is 13.1 Å². The van der Waals surface area contributed by atoms with Crippen molar-refractivity contribution in [3.63, 3.8) is 0 Å². The predicted molar refractivity (Wildman–Crippen MR) is 55.7 cm³/mol. The highest BCUT2D eigenvalue weighted by molar-refractivity contribution is 6.81. The molecule has 1 fully saturated rings. The number of carbonyl (C=O) groups excluding carboxylic acids is 2. The zero-order valence-electron chi connectivity index (χ0n) is 7.43. The van der Waals surface area contributed by atoms with Gasteiger partial charge in [0.1, 0.15) is 0 Å². The SMILES string of the molecule is O=C(C(=O)C(Cl)(Cl)Cl)N1CCCCC1. The molecular weight excluding hydrogens is 248 g/mol. The van der Waals surface area contributed by atoms with Crippen molar-refractivity contribution in [1.29, 1.82) is 0 Å². The Morgan fingerprint density at radius 1 is 1.00 bits per heavy atom. The number of amides is 1. The van der Waals surface area contributed by atoms with Crippen LogP contribution in [0.2, 0.25) is 0 Å². The summed E-state index contributed by atoms with van der Waals surface area (Å²) in [5.41, 5.74) is 0. The smallest absolute Gasteiger partial charge is 0.294 e. The van der Waals surface area contributed by atoms with Crippen LogP contribution >= 0.6 is 34.8 Å². The first-order chi connectivity index (χ1) is 6.43. The molecule has 0 radical (unpaired) electrons. The van der Waals surface area contributed by atoms with Crippen LogP contribution in [0.4, 0.5) is 0 Å². The van der Waals surface area contributed by atoms with Crippen molar-refractivity contribution in [2.45, 2.75) is 23.1 Å². The monoisotopic (exact) mass is 257 g/mol. The number of rotatable bonds is 1. The fraction of sp³-hybridized carbons (Fsp3) is 0.750. The molecule has 6 heteroatoms. The summed E-state index contributed by atoms with van der Waals surface area (Å²) in [6.07, 6.45) is 2.88. The molecule has 3 nitrogen and oxygen atoms in total. The van der Waals surface area contributed by atoms with Crippen molar-refractivity contribution in [3.05, 3.63) is 0 Å². The number of halogens is 3. The second-order valence-corrected chi connectivity index (χ2v) is 5.46. The van der Waals surface area contributed by atoms with Gasteiger partial charge in [0.15, 0.2) is 0 Å². The zero-order valence-corrected chi connectivity index (χ0v) is 9.70. The first-order valence-corrected chi connectivity index (χ1v) is 5.47. The van der Waals surface area contributed by atoms with Gasteiger partial charge in [-0.1, -0.05) is 34.8 Å². The van der Waals surface area contributed by atoms with E-state index in [9.17, 15) is 9.59 Å². The van der Waals surface area contributed by atoms with Crippen LogP contribution in [0, 0.1) is 0 Å². The van der Waals surface area contributed by atoms with E-state index in [2.05, 4.69) is 0 Å². The van der Waals surface area contributed by atoms with Gasteiger partial charge in [-0.2, -0.15) is 0 Å². The van der Waals surface area contributed by atoms with Crippen molar-refractivity contribution >= 4 is 46.5 Å². The van der Waals surface area contributed by atoms with Gasteiger partial charge in [0.25, 0.3) is 15.5 Å². The van der Waals surface area contributed by atoms with E-state index >= 15 is 0 Å². The van der Waals surface area contributed by atoms with Gasteiger partial charge in [-0.05, 0) is 19.3 Å². The van der Waals surface area contributed by atoms with Crippen molar-refractivity contribution < 1.29 is 9.59 Å². The fourth-order valence-electron chi connectivity index (χ4n) is 1.36. The fourth-order valence-corrected chi connectivity index (χ4v) is 1.60.